The molecule has 0 heterocycles. The third kappa shape index (κ3) is 10.2. The van der Waals surface area contributed by atoms with Crippen molar-refractivity contribution in [3.05, 3.63) is 0 Å². The summed E-state index contributed by atoms with van der Waals surface area (Å²) in [6.07, 6.45) is 8.11. The zero-order chi connectivity index (χ0) is 13.2. The summed E-state index contributed by atoms with van der Waals surface area (Å²) < 4.78 is 5.23. The Labute approximate surface area is 123 Å². The quantitative estimate of drug-likeness (QED) is 0.559. The number of halogens is 1. The molecule has 0 aromatic carbocycles. The molecule has 19 heavy (non-hydrogen) atoms. The van der Waals surface area contributed by atoms with Crippen molar-refractivity contribution in [2.75, 3.05) is 19.7 Å². The van der Waals surface area contributed by atoms with Gasteiger partial charge in [0.1, 0.15) is 6.61 Å². The Morgan fingerprint density at radius 2 is 1.79 bits per heavy atom. The van der Waals surface area contributed by atoms with E-state index in [2.05, 4.69) is 10.6 Å². The summed E-state index contributed by atoms with van der Waals surface area (Å²) in [4.78, 5) is 11.4. The molecule has 1 saturated carbocycles. The van der Waals surface area contributed by atoms with E-state index >= 15 is 0 Å². The standard InChI is InChI=1S/C14H28N2O2.ClH/c1-12(2)18-11-14(17)16-10-9-15-13-7-5-3-4-6-8-13;/h12-13,15H,3-11H2,1-2H3,(H,16,17);1H. The third-order valence-electron chi connectivity index (χ3n) is 3.28. The highest BCUT2D eigenvalue weighted by atomic mass is 35.5. The number of amides is 1. The summed E-state index contributed by atoms with van der Waals surface area (Å²) in [5.74, 6) is -0.0219. The number of ether oxygens (including phenoxy) is 1. The molecular formula is C14H29ClN2O2. The van der Waals surface area contributed by atoms with Crippen LogP contribution in [0, 0.1) is 0 Å². The van der Waals surface area contributed by atoms with Crippen molar-refractivity contribution >= 4 is 18.3 Å². The lowest BCUT2D eigenvalue weighted by Crippen LogP contribution is -2.38. The molecule has 0 radical (unpaired) electrons. The molecule has 2 N–H and O–H groups in total. The maximum absolute atomic E-state index is 11.4. The van der Waals surface area contributed by atoms with E-state index in [1.165, 1.54) is 38.5 Å². The fourth-order valence-corrected chi connectivity index (χ4v) is 2.26. The van der Waals surface area contributed by atoms with Gasteiger partial charge in [-0.2, -0.15) is 0 Å². The van der Waals surface area contributed by atoms with Crippen molar-refractivity contribution in [1.82, 2.24) is 10.6 Å². The van der Waals surface area contributed by atoms with Crippen molar-refractivity contribution in [1.29, 1.82) is 0 Å². The zero-order valence-corrected chi connectivity index (χ0v) is 13.1. The monoisotopic (exact) mass is 292 g/mol. The minimum atomic E-state index is -0.0219. The van der Waals surface area contributed by atoms with Crippen LogP contribution in [0.25, 0.3) is 0 Å². The predicted octanol–water partition coefficient (Wildman–Crippen LogP) is 2.26. The van der Waals surface area contributed by atoms with Crippen molar-refractivity contribution in [2.45, 2.75) is 64.5 Å². The van der Waals surface area contributed by atoms with E-state index in [4.69, 9.17) is 4.74 Å². The first kappa shape index (κ1) is 18.7. The van der Waals surface area contributed by atoms with Crippen LogP contribution in [0.15, 0.2) is 0 Å². The van der Waals surface area contributed by atoms with Crippen molar-refractivity contribution < 1.29 is 9.53 Å². The van der Waals surface area contributed by atoms with Gasteiger partial charge in [0.15, 0.2) is 0 Å². The van der Waals surface area contributed by atoms with Crippen LogP contribution in [0.5, 0.6) is 0 Å². The van der Waals surface area contributed by atoms with Crippen LogP contribution in [-0.2, 0) is 9.53 Å². The predicted molar refractivity (Wildman–Crippen MR) is 80.8 cm³/mol. The normalized spacial score (nSPS) is 16.8. The molecule has 0 atom stereocenters. The molecule has 0 bridgehead atoms. The third-order valence-corrected chi connectivity index (χ3v) is 3.28. The number of rotatable bonds is 7. The van der Waals surface area contributed by atoms with E-state index in [1.807, 2.05) is 13.8 Å². The van der Waals surface area contributed by atoms with E-state index < -0.39 is 0 Å². The Balaban J connectivity index is 0.00000324. The van der Waals surface area contributed by atoms with Gasteiger partial charge in [0.05, 0.1) is 6.10 Å². The molecule has 0 unspecified atom stereocenters. The average molecular weight is 293 g/mol. The van der Waals surface area contributed by atoms with Crippen molar-refractivity contribution in [3.8, 4) is 0 Å². The van der Waals surface area contributed by atoms with E-state index in [0.29, 0.717) is 12.6 Å². The maximum atomic E-state index is 11.4. The van der Waals surface area contributed by atoms with Crippen LogP contribution in [0.2, 0.25) is 0 Å². The molecular weight excluding hydrogens is 264 g/mol. The van der Waals surface area contributed by atoms with Crippen LogP contribution in [0.4, 0.5) is 0 Å². The molecule has 4 nitrogen and oxygen atoms in total. The van der Waals surface area contributed by atoms with Gasteiger partial charge in [-0.15, -0.1) is 12.4 Å². The van der Waals surface area contributed by atoms with Crippen molar-refractivity contribution in [2.24, 2.45) is 0 Å². The highest BCUT2D eigenvalue weighted by molar-refractivity contribution is 5.85. The molecule has 1 aliphatic carbocycles. The molecule has 1 aliphatic rings. The molecule has 114 valence electrons. The van der Waals surface area contributed by atoms with Gasteiger partial charge in [-0.25, -0.2) is 0 Å². The first-order valence-electron chi connectivity index (χ1n) is 7.30. The van der Waals surface area contributed by atoms with Crippen LogP contribution >= 0.6 is 12.4 Å². The molecule has 0 aromatic rings. The first-order valence-corrected chi connectivity index (χ1v) is 7.30. The van der Waals surface area contributed by atoms with Gasteiger partial charge in [-0.05, 0) is 26.7 Å². The van der Waals surface area contributed by atoms with Crippen LogP contribution in [0.1, 0.15) is 52.4 Å². The van der Waals surface area contributed by atoms with Crippen LogP contribution in [-0.4, -0.2) is 37.7 Å². The molecule has 1 rings (SSSR count). The molecule has 5 heteroatoms. The second-order valence-electron chi connectivity index (χ2n) is 5.35. The molecule has 0 spiro atoms. The van der Waals surface area contributed by atoms with Gasteiger partial charge in [0.2, 0.25) is 5.91 Å². The summed E-state index contributed by atoms with van der Waals surface area (Å²) in [5.41, 5.74) is 0. The topological polar surface area (TPSA) is 50.4 Å². The molecule has 0 aliphatic heterocycles. The summed E-state index contributed by atoms with van der Waals surface area (Å²) in [6, 6.07) is 0.649. The van der Waals surface area contributed by atoms with E-state index in [0.717, 1.165) is 6.54 Å². The average Bonchev–Trinajstić information content (AvgIpc) is 2.60. The highest BCUT2D eigenvalue weighted by Gasteiger charge is 2.11. The van der Waals surface area contributed by atoms with E-state index in [-0.39, 0.29) is 31.0 Å². The second kappa shape index (κ2) is 11.5. The number of hydrogen-bond acceptors (Lipinski definition) is 3. The van der Waals surface area contributed by atoms with Gasteiger partial charge >= 0.3 is 0 Å². The lowest BCUT2D eigenvalue weighted by Gasteiger charge is -2.16. The Kier molecular flexibility index (Phi) is 11.3. The van der Waals surface area contributed by atoms with E-state index in [9.17, 15) is 4.79 Å². The lowest BCUT2D eigenvalue weighted by atomic mass is 10.1. The Bertz CT molecular complexity index is 229. The Morgan fingerprint density at radius 3 is 2.37 bits per heavy atom. The van der Waals surface area contributed by atoms with Crippen molar-refractivity contribution in [3.63, 3.8) is 0 Å². The smallest absolute Gasteiger partial charge is 0.246 e. The molecule has 0 aromatic heterocycles. The first-order chi connectivity index (χ1) is 8.68. The van der Waals surface area contributed by atoms with Gasteiger partial charge in [-0.1, -0.05) is 25.7 Å². The summed E-state index contributed by atoms with van der Waals surface area (Å²) >= 11 is 0. The molecule has 0 saturated heterocycles. The van der Waals surface area contributed by atoms with Crippen LogP contribution in [0.3, 0.4) is 0 Å². The van der Waals surface area contributed by atoms with Gasteiger partial charge in [0, 0.05) is 19.1 Å². The highest BCUT2D eigenvalue weighted by Crippen LogP contribution is 2.16. The summed E-state index contributed by atoms with van der Waals surface area (Å²) in [6.45, 7) is 5.58. The van der Waals surface area contributed by atoms with Gasteiger partial charge < -0.3 is 15.4 Å². The molecule has 1 amide bonds. The van der Waals surface area contributed by atoms with E-state index in [1.54, 1.807) is 0 Å². The minimum absolute atomic E-state index is 0. The summed E-state index contributed by atoms with van der Waals surface area (Å²) in [5, 5.41) is 6.39. The lowest BCUT2D eigenvalue weighted by molar-refractivity contribution is -0.127. The fourth-order valence-electron chi connectivity index (χ4n) is 2.26. The van der Waals surface area contributed by atoms with Gasteiger partial charge in [0.25, 0.3) is 0 Å². The number of hydrogen-bond donors (Lipinski definition) is 2. The van der Waals surface area contributed by atoms with Gasteiger partial charge in [-0.3, -0.25) is 4.79 Å². The number of carbonyl (C=O) groups excluding carboxylic acids is 1. The largest absolute Gasteiger partial charge is 0.369 e. The Morgan fingerprint density at radius 1 is 1.16 bits per heavy atom. The maximum Gasteiger partial charge on any atom is 0.246 e. The fraction of sp³-hybridized carbons (Fsp3) is 0.929. The SMILES string of the molecule is CC(C)OCC(=O)NCCNC1CCCCCC1.Cl. The van der Waals surface area contributed by atoms with Crippen LogP contribution < -0.4 is 10.6 Å². The Hall–Kier alpha value is -0.320. The second-order valence-corrected chi connectivity index (χ2v) is 5.35. The zero-order valence-electron chi connectivity index (χ0n) is 12.2. The number of carbonyl (C=O) groups is 1. The summed E-state index contributed by atoms with van der Waals surface area (Å²) in [7, 11) is 0. The minimum Gasteiger partial charge on any atom is -0.369 e. The molecule has 1 fully saturated rings. The number of nitrogens with one attached hydrogen (secondary N) is 2.